The Hall–Kier alpha value is -1.79. The second kappa shape index (κ2) is 6.96. The number of aromatic carboxylic acids is 1. The van der Waals surface area contributed by atoms with Crippen LogP contribution in [0, 0.1) is 6.92 Å². The van der Waals surface area contributed by atoms with Gasteiger partial charge >= 0.3 is 11.9 Å². The number of carbonyl (C=O) groups excluding carboxylic acids is 1. The first-order chi connectivity index (χ1) is 8.38. The fourth-order valence-corrected chi connectivity index (χ4v) is 1.64. The molecular weight excluding hydrogens is 274 g/mol. The number of hydrogen-bond donors (Lipinski definition) is 3. The first-order valence-electron chi connectivity index (χ1n) is 5.26. The summed E-state index contributed by atoms with van der Waals surface area (Å²) in [4.78, 5) is 22.2. The van der Waals surface area contributed by atoms with Gasteiger partial charge in [-0.15, -0.1) is 12.4 Å². The van der Waals surface area contributed by atoms with Crippen LogP contribution in [0.4, 0.5) is 0 Å². The molecule has 7 heteroatoms. The monoisotopic (exact) mass is 289 g/mol. The maximum absolute atomic E-state index is 11.1. The lowest BCUT2D eigenvalue weighted by Crippen LogP contribution is -2.19. The van der Waals surface area contributed by atoms with E-state index in [0.717, 1.165) is 0 Å². The summed E-state index contributed by atoms with van der Waals surface area (Å²) in [5.41, 5.74) is 6.18. The first kappa shape index (κ1) is 17.2. The van der Waals surface area contributed by atoms with Crippen molar-refractivity contribution in [3.8, 4) is 5.75 Å². The molecule has 1 aromatic carbocycles. The number of nitrogens with two attached hydrogens (primary N) is 1. The number of carboxylic acids is 1. The Balaban J connectivity index is 0.00000324. The molecule has 4 N–H and O–H groups in total. The smallest absolute Gasteiger partial charge is 0.336 e. The maximum atomic E-state index is 11.1. The lowest BCUT2D eigenvalue weighted by atomic mass is 9.95. The zero-order valence-electron chi connectivity index (χ0n) is 10.5. The summed E-state index contributed by atoms with van der Waals surface area (Å²) < 4.78 is 4.46. The van der Waals surface area contributed by atoms with Gasteiger partial charge in [0.2, 0.25) is 0 Å². The summed E-state index contributed by atoms with van der Waals surface area (Å²) in [6.07, 6.45) is -0.201. The van der Waals surface area contributed by atoms with Crippen LogP contribution in [0.3, 0.4) is 0 Å². The molecule has 1 aromatic rings. The van der Waals surface area contributed by atoms with Gasteiger partial charge in [0.25, 0.3) is 0 Å². The highest BCUT2D eigenvalue weighted by atomic mass is 35.5. The predicted molar refractivity (Wildman–Crippen MR) is 70.6 cm³/mol. The van der Waals surface area contributed by atoms with Crippen LogP contribution >= 0.6 is 12.4 Å². The number of carboxylic acid groups (broad SMARTS) is 1. The Kier molecular flexibility index (Phi) is 6.31. The third-order valence-corrected chi connectivity index (χ3v) is 2.63. The molecule has 0 saturated carbocycles. The summed E-state index contributed by atoms with van der Waals surface area (Å²) in [6.45, 7) is 1.62. The van der Waals surface area contributed by atoms with Gasteiger partial charge in [-0.25, -0.2) is 4.79 Å². The molecule has 6 nitrogen and oxygen atoms in total. The van der Waals surface area contributed by atoms with Gasteiger partial charge < -0.3 is 20.7 Å². The zero-order valence-corrected chi connectivity index (χ0v) is 11.4. The highest BCUT2D eigenvalue weighted by Gasteiger charge is 2.23. The van der Waals surface area contributed by atoms with Gasteiger partial charge in [-0.05, 0) is 18.6 Å². The van der Waals surface area contributed by atoms with Crippen molar-refractivity contribution in [3.05, 3.63) is 28.8 Å². The average Bonchev–Trinajstić information content (AvgIpc) is 2.31. The van der Waals surface area contributed by atoms with E-state index in [0.29, 0.717) is 5.56 Å². The lowest BCUT2D eigenvalue weighted by Gasteiger charge is -2.16. The van der Waals surface area contributed by atoms with E-state index in [4.69, 9.17) is 10.8 Å². The van der Waals surface area contributed by atoms with E-state index in [1.807, 2.05) is 0 Å². The molecule has 0 unspecified atom stereocenters. The van der Waals surface area contributed by atoms with E-state index in [-0.39, 0.29) is 35.7 Å². The number of phenolic OH excluding ortho intramolecular Hbond substituents is 1. The molecule has 0 fully saturated rings. The summed E-state index contributed by atoms with van der Waals surface area (Å²) in [5.74, 6) is -1.98. The Morgan fingerprint density at radius 1 is 1.42 bits per heavy atom. The molecule has 0 radical (unpaired) electrons. The van der Waals surface area contributed by atoms with E-state index < -0.39 is 18.0 Å². The Morgan fingerprint density at radius 3 is 2.47 bits per heavy atom. The van der Waals surface area contributed by atoms with Gasteiger partial charge in [0, 0.05) is 11.6 Å². The number of aryl methyl sites for hydroxylation is 1. The van der Waals surface area contributed by atoms with Gasteiger partial charge in [0.05, 0.1) is 19.1 Å². The van der Waals surface area contributed by atoms with Crippen molar-refractivity contribution < 1.29 is 24.5 Å². The molecular formula is C12H16ClNO5. The van der Waals surface area contributed by atoms with Crippen molar-refractivity contribution in [3.63, 3.8) is 0 Å². The second-order valence-corrected chi connectivity index (χ2v) is 3.88. The van der Waals surface area contributed by atoms with Crippen molar-refractivity contribution >= 4 is 24.3 Å². The normalized spacial score (nSPS) is 11.3. The highest BCUT2D eigenvalue weighted by Crippen LogP contribution is 2.31. The summed E-state index contributed by atoms with van der Waals surface area (Å²) in [6, 6.07) is 1.90. The third kappa shape index (κ3) is 3.84. The van der Waals surface area contributed by atoms with Crippen LogP contribution in [-0.4, -0.2) is 29.3 Å². The van der Waals surface area contributed by atoms with E-state index >= 15 is 0 Å². The number of methoxy groups -OCH3 is 1. The van der Waals surface area contributed by atoms with Crippen LogP contribution in [0.5, 0.6) is 5.75 Å². The Bertz CT molecular complexity index is 489. The van der Waals surface area contributed by atoms with Crippen LogP contribution < -0.4 is 5.73 Å². The van der Waals surface area contributed by atoms with Crippen molar-refractivity contribution in [2.45, 2.75) is 19.4 Å². The first-order valence-corrected chi connectivity index (χ1v) is 5.26. The number of ether oxygens (including phenoxy) is 1. The molecule has 0 amide bonds. The van der Waals surface area contributed by atoms with Crippen LogP contribution in [0.25, 0.3) is 0 Å². The van der Waals surface area contributed by atoms with Crippen LogP contribution in [0.2, 0.25) is 0 Å². The van der Waals surface area contributed by atoms with E-state index in [1.54, 1.807) is 6.92 Å². The number of carbonyl (C=O) groups is 2. The second-order valence-electron chi connectivity index (χ2n) is 3.88. The van der Waals surface area contributed by atoms with Crippen molar-refractivity contribution in [1.29, 1.82) is 0 Å². The minimum absolute atomic E-state index is 0. The third-order valence-electron chi connectivity index (χ3n) is 2.63. The highest BCUT2D eigenvalue weighted by molar-refractivity contribution is 5.91. The van der Waals surface area contributed by atoms with Crippen LogP contribution in [-0.2, 0) is 9.53 Å². The fraction of sp³-hybridized carbons (Fsp3) is 0.333. The summed E-state index contributed by atoms with van der Waals surface area (Å²) in [7, 11) is 1.21. The number of phenols is 1. The molecule has 0 aliphatic heterocycles. The molecule has 0 bridgehead atoms. The van der Waals surface area contributed by atoms with Crippen molar-refractivity contribution in [2.75, 3.05) is 7.11 Å². The number of hydrogen-bond acceptors (Lipinski definition) is 5. The predicted octanol–water partition coefficient (Wildman–Crippen LogP) is 1.38. The Labute approximate surface area is 116 Å². The number of aromatic hydroxyl groups is 1. The summed E-state index contributed by atoms with van der Waals surface area (Å²) >= 11 is 0. The maximum Gasteiger partial charge on any atom is 0.336 e. The molecule has 0 aromatic heterocycles. The molecule has 106 valence electrons. The summed E-state index contributed by atoms with van der Waals surface area (Å²) in [5, 5.41) is 18.9. The molecule has 0 spiro atoms. The van der Waals surface area contributed by atoms with Crippen molar-refractivity contribution in [1.82, 2.24) is 0 Å². The van der Waals surface area contributed by atoms with Gasteiger partial charge in [-0.2, -0.15) is 0 Å². The largest absolute Gasteiger partial charge is 0.507 e. The minimum atomic E-state index is -1.21. The SMILES string of the molecule is COC(=O)C[C@@H](N)c1c(C(=O)O)ccc(C)c1O.Cl. The van der Waals surface area contributed by atoms with Crippen LogP contribution in [0.1, 0.15) is 33.9 Å². The number of halogens is 1. The molecule has 19 heavy (non-hydrogen) atoms. The molecule has 1 atom stereocenters. The van der Waals surface area contributed by atoms with Gasteiger partial charge in [-0.1, -0.05) is 6.07 Å². The van der Waals surface area contributed by atoms with E-state index in [1.165, 1.54) is 19.2 Å². The minimum Gasteiger partial charge on any atom is -0.507 e. The molecule has 0 saturated heterocycles. The molecule has 0 aliphatic rings. The molecule has 1 rings (SSSR count). The average molecular weight is 290 g/mol. The standard InChI is InChI=1S/C12H15NO5.ClH/c1-6-3-4-7(12(16)17)10(11(6)15)8(13)5-9(14)18-2;/h3-4,8,15H,5,13H2,1-2H3,(H,16,17);1H/t8-;/m1./s1. The quantitative estimate of drug-likeness (QED) is 0.722. The number of esters is 1. The Morgan fingerprint density at radius 2 is 2.00 bits per heavy atom. The number of rotatable bonds is 4. The van der Waals surface area contributed by atoms with E-state index in [9.17, 15) is 14.7 Å². The lowest BCUT2D eigenvalue weighted by molar-refractivity contribution is -0.141. The van der Waals surface area contributed by atoms with Crippen LogP contribution in [0.15, 0.2) is 12.1 Å². The van der Waals surface area contributed by atoms with Gasteiger partial charge in [-0.3, -0.25) is 4.79 Å². The fourth-order valence-electron chi connectivity index (χ4n) is 1.64. The number of benzene rings is 1. The van der Waals surface area contributed by atoms with Gasteiger partial charge in [0.1, 0.15) is 5.75 Å². The van der Waals surface area contributed by atoms with E-state index in [2.05, 4.69) is 4.74 Å². The van der Waals surface area contributed by atoms with Gasteiger partial charge in [0.15, 0.2) is 0 Å². The molecule has 0 aliphatic carbocycles. The van der Waals surface area contributed by atoms with Crippen molar-refractivity contribution in [2.24, 2.45) is 5.73 Å². The zero-order chi connectivity index (χ0) is 13.9. The molecule has 0 heterocycles. The topological polar surface area (TPSA) is 110 Å².